The number of rotatable bonds is 2. The van der Waals surface area contributed by atoms with Crippen molar-refractivity contribution in [1.82, 2.24) is 0 Å². The van der Waals surface area contributed by atoms with Gasteiger partial charge >= 0.3 is 5.97 Å². The fraction of sp³-hybridized carbons (Fsp3) is 0. The predicted octanol–water partition coefficient (Wildman–Crippen LogP) is 2.58. The number of carboxylic acid groups (broad SMARTS) is 1. The molecule has 15 heavy (non-hydrogen) atoms. The van der Waals surface area contributed by atoms with Crippen molar-refractivity contribution in [3.8, 4) is 6.07 Å². The molecular weight excluding hydrogens is 265 g/mol. The van der Waals surface area contributed by atoms with E-state index < -0.39 is 17.4 Å². The molecule has 0 aliphatic heterocycles. The summed E-state index contributed by atoms with van der Waals surface area (Å²) in [4.78, 5) is 10.5. The molecule has 1 rings (SSSR count). The lowest BCUT2D eigenvalue weighted by molar-refractivity contribution is -0.132. The molecular formula is C10H5BrFNO2. The van der Waals surface area contributed by atoms with Crippen molar-refractivity contribution < 1.29 is 14.3 Å². The summed E-state index contributed by atoms with van der Waals surface area (Å²) in [6.07, 6.45) is 0.990. The Balaban J connectivity index is 3.19. The molecule has 0 fully saturated rings. The van der Waals surface area contributed by atoms with E-state index in [1.165, 1.54) is 18.2 Å². The minimum Gasteiger partial charge on any atom is -0.477 e. The highest BCUT2D eigenvalue weighted by molar-refractivity contribution is 9.10. The first-order valence-electron chi connectivity index (χ1n) is 3.84. The molecule has 0 bridgehead atoms. The summed E-state index contributed by atoms with van der Waals surface area (Å²) in [6.45, 7) is 0. The Morgan fingerprint density at radius 2 is 2.27 bits per heavy atom. The van der Waals surface area contributed by atoms with E-state index in [0.717, 1.165) is 6.08 Å². The van der Waals surface area contributed by atoms with Gasteiger partial charge in [0.25, 0.3) is 0 Å². The molecule has 0 amide bonds. The molecule has 5 heteroatoms. The first kappa shape index (κ1) is 11.4. The highest BCUT2D eigenvalue weighted by Crippen LogP contribution is 2.17. The molecule has 0 saturated carbocycles. The Hall–Kier alpha value is -1.67. The molecule has 0 radical (unpaired) electrons. The van der Waals surface area contributed by atoms with Gasteiger partial charge in [0.15, 0.2) is 0 Å². The molecule has 0 aliphatic carbocycles. The number of carboxylic acids is 1. The van der Waals surface area contributed by atoms with E-state index in [1.807, 2.05) is 0 Å². The van der Waals surface area contributed by atoms with Gasteiger partial charge in [-0.25, -0.2) is 9.18 Å². The van der Waals surface area contributed by atoms with Gasteiger partial charge in [0.1, 0.15) is 17.5 Å². The Morgan fingerprint density at radius 1 is 1.60 bits per heavy atom. The third kappa shape index (κ3) is 2.89. The van der Waals surface area contributed by atoms with Gasteiger partial charge in [0, 0.05) is 10.0 Å². The van der Waals surface area contributed by atoms with Gasteiger partial charge in [-0.2, -0.15) is 5.26 Å². The fourth-order valence-electron chi connectivity index (χ4n) is 0.916. The van der Waals surface area contributed by atoms with Crippen LogP contribution in [0.15, 0.2) is 28.2 Å². The normalized spacial score (nSPS) is 10.9. The average Bonchev–Trinajstić information content (AvgIpc) is 2.16. The van der Waals surface area contributed by atoms with E-state index in [1.54, 1.807) is 6.07 Å². The van der Waals surface area contributed by atoms with Crippen LogP contribution in [0.25, 0.3) is 6.08 Å². The number of benzene rings is 1. The lowest BCUT2D eigenvalue weighted by atomic mass is 10.1. The van der Waals surface area contributed by atoms with Crippen LogP contribution in [-0.2, 0) is 4.79 Å². The van der Waals surface area contributed by atoms with Gasteiger partial charge in [-0.1, -0.05) is 22.0 Å². The lowest BCUT2D eigenvalue weighted by Gasteiger charge is -1.97. The molecule has 3 nitrogen and oxygen atoms in total. The molecule has 76 valence electrons. The lowest BCUT2D eigenvalue weighted by Crippen LogP contribution is -1.98. The molecule has 0 aliphatic rings. The summed E-state index contributed by atoms with van der Waals surface area (Å²) in [5.74, 6) is -1.96. The number of hydrogen-bond donors (Lipinski definition) is 1. The number of carbonyl (C=O) groups is 1. The maximum Gasteiger partial charge on any atom is 0.346 e. The zero-order valence-electron chi connectivity index (χ0n) is 7.37. The van der Waals surface area contributed by atoms with Crippen LogP contribution in [-0.4, -0.2) is 11.1 Å². The van der Waals surface area contributed by atoms with Crippen LogP contribution in [0.4, 0.5) is 4.39 Å². The topological polar surface area (TPSA) is 61.1 Å². The SMILES string of the molecule is N#CC(=Cc1ccc(Br)cc1F)C(=O)O. The number of aliphatic carboxylic acids is 1. The van der Waals surface area contributed by atoms with E-state index in [2.05, 4.69) is 15.9 Å². The monoisotopic (exact) mass is 269 g/mol. The third-order valence-electron chi connectivity index (χ3n) is 1.61. The molecule has 0 heterocycles. The van der Waals surface area contributed by atoms with Crippen LogP contribution in [0.2, 0.25) is 0 Å². The van der Waals surface area contributed by atoms with Crippen molar-refractivity contribution in [2.75, 3.05) is 0 Å². The van der Waals surface area contributed by atoms with Gasteiger partial charge in [0.05, 0.1) is 0 Å². The van der Waals surface area contributed by atoms with E-state index >= 15 is 0 Å². The van der Waals surface area contributed by atoms with Gasteiger partial charge in [-0.05, 0) is 18.2 Å². The van der Waals surface area contributed by atoms with E-state index in [0.29, 0.717) is 4.47 Å². The molecule has 1 aromatic rings. The summed E-state index contributed by atoms with van der Waals surface area (Å²) in [7, 11) is 0. The Morgan fingerprint density at radius 3 is 2.73 bits per heavy atom. The number of nitriles is 1. The number of halogens is 2. The van der Waals surface area contributed by atoms with Crippen LogP contribution in [0.5, 0.6) is 0 Å². The largest absolute Gasteiger partial charge is 0.477 e. The van der Waals surface area contributed by atoms with Gasteiger partial charge in [-0.15, -0.1) is 0 Å². The van der Waals surface area contributed by atoms with Crippen LogP contribution >= 0.6 is 15.9 Å². The standard InChI is InChI=1S/C10H5BrFNO2/c11-8-2-1-6(9(12)4-8)3-7(5-13)10(14)15/h1-4H,(H,14,15). The maximum absolute atomic E-state index is 13.2. The van der Waals surface area contributed by atoms with Gasteiger partial charge in [0.2, 0.25) is 0 Å². The zero-order valence-corrected chi connectivity index (χ0v) is 8.95. The smallest absolute Gasteiger partial charge is 0.346 e. The Bertz CT molecular complexity index is 477. The number of hydrogen-bond acceptors (Lipinski definition) is 2. The molecule has 0 aromatic heterocycles. The minimum absolute atomic E-state index is 0.0668. The van der Waals surface area contributed by atoms with E-state index in [4.69, 9.17) is 10.4 Å². The summed E-state index contributed by atoms with van der Waals surface area (Å²) >= 11 is 3.07. The van der Waals surface area contributed by atoms with Crippen molar-refractivity contribution in [2.45, 2.75) is 0 Å². The number of nitrogens with zero attached hydrogens (tertiary/aromatic N) is 1. The highest BCUT2D eigenvalue weighted by atomic mass is 79.9. The summed E-state index contributed by atoms with van der Waals surface area (Å²) in [5, 5.41) is 17.0. The summed E-state index contributed by atoms with van der Waals surface area (Å²) < 4.78 is 13.8. The molecule has 0 atom stereocenters. The van der Waals surface area contributed by atoms with Crippen LogP contribution in [0.3, 0.4) is 0 Å². The summed E-state index contributed by atoms with van der Waals surface area (Å²) in [6, 6.07) is 5.62. The highest BCUT2D eigenvalue weighted by Gasteiger charge is 2.08. The minimum atomic E-state index is -1.38. The van der Waals surface area contributed by atoms with Gasteiger partial charge in [-0.3, -0.25) is 0 Å². The zero-order chi connectivity index (χ0) is 11.4. The summed E-state index contributed by atoms with van der Waals surface area (Å²) in [5.41, 5.74) is -0.437. The molecule has 1 aromatic carbocycles. The second-order valence-corrected chi connectivity index (χ2v) is 3.56. The molecule has 0 spiro atoms. The fourth-order valence-corrected chi connectivity index (χ4v) is 1.25. The molecule has 0 unspecified atom stereocenters. The second kappa shape index (κ2) is 4.71. The van der Waals surface area contributed by atoms with E-state index in [9.17, 15) is 9.18 Å². The quantitative estimate of drug-likeness (QED) is 0.663. The van der Waals surface area contributed by atoms with Crippen LogP contribution < -0.4 is 0 Å². The van der Waals surface area contributed by atoms with Gasteiger partial charge < -0.3 is 5.11 Å². The van der Waals surface area contributed by atoms with Crippen LogP contribution in [0, 0.1) is 17.1 Å². The Labute approximate surface area is 93.6 Å². The molecule has 1 N–H and O–H groups in total. The van der Waals surface area contributed by atoms with Crippen molar-refractivity contribution in [3.05, 3.63) is 39.6 Å². The Kier molecular flexibility index (Phi) is 3.58. The third-order valence-corrected chi connectivity index (χ3v) is 2.11. The van der Waals surface area contributed by atoms with Crippen LogP contribution in [0.1, 0.15) is 5.56 Å². The second-order valence-electron chi connectivity index (χ2n) is 2.64. The van der Waals surface area contributed by atoms with Crippen molar-refractivity contribution in [2.24, 2.45) is 0 Å². The van der Waals surface area contributed by atoms with E-state index in [-0.39, 0.29) is 5.56 Å². The predicted molar refractivity (Wildman–Crippen MR) is 55.3 cm³/mol. The first-order valence-corrected chi connectivity index (χ1v) is 4.64. The molecule has 0 saturated heterocycles. The van der Waals surface area contributed by atoms with Crippen molar-refractivity contribution >= 4 is 28.0 Å². The van der Waals surface area contributed by atoms with Crippen molar-refractivity contribution in [3.63, 3.8) is 0 Å². The maximum atomic E-state index is 13.2. The first-order chi connectivity index (χ1) is 7.04. The average molecular weight is 270 g/mol. The van der Waals surface area contributed by atoms with Crippen molar-refractivity contribution in [1.29, 1.82) is 5.26 Å².